The van der Waals surface area contributed by atoms with E-state index in [1.165, 1.54) is 22.6 Å². The predicted octanol–water partition coefficient (Wildman–Crippen LogP) is -0.431. The molecule has 0 bridgehead atoms. The highest BCUT2D eigenvalue weighted by molar-refractivity contribution is 7.89. The van der Waals surface area contributed by atoms with Crippen LogP contribution in [0.4, 0.5) is 0 Å². The van der Waals surface area contributed by atoms with E-state index in [9.17, 15) is 13.2 Å². The lowest BCUT2D eigenvalue weighted by Gasteiger charge is -2.32. The SMILES string of the molecule is NCc1ncccc1S(=O)(=O)N1CCCCC1C(N)=O. The minimum atomic E-state index is -3.81. The zero-order chi connectivity index (χ0) is 14.8. The summed E-state index contributed by atoms with van der Waals surface area (Å²) in [5, 5.41) is 0. The molecule has 4 N–H and O–H groups in total. The first kappa shape index (κ1) is 14.9. The first-order chi connectivity index (χ1) is 9.48. The van der Waals surface area contributed by atoms with Gasteiger partial charge in [-0.25, -0.2) is 8.42 Å². The lowest BCUT2D eigenvalue weighted by molar-refractivity contribution is -0.122. The molecule has 1 fully saturated rings. The van der Waals surface area contributed by atoms with Gasteiger partial charge in [0.1, 0.15) is 10.9 Å². The van der Waals surface area contributed by atoms with Crippen LogP contribution in [-0.2, 0) is 21.4 Å². The molecule has 2 heterocycles. The van der Waals surface area contributed by atoms with Gasteiger partial charge in [0.05, 0.1) is 5.69 Å². The van der Waals surface area contributed by atoms with Crippen molar-refractivity contribution in [2.24, 2.45) is 11.5 Å². The van der Waals surface area contributed by atoms with E-state index in [2.05, 4.69) is 4.98 Å². The Balaban J connectivity index is 2.45. The van der Waals surface area contributed by atoms with Gasteiger partial charge in [0.2, 0.25) is 15.9 Å². The number of primary amides is 1. The Kier molecular flexibility index (Phi) is 4.36. The third kappa shape index (κ3) is 2.67. The molecule has 1 saturated heterocycles. The minimum absolute atomic E-state index is 0.0183. The number of pyridine rings is 1. The molecular formula is C12H18N4O3S. The molecule has 1 aliphatic rings. The zero-order valence-corrected chi connectivity index (χ0v) is 11.8. The second kappa shape index (κ2) is 5.86. The van der Waals surface area contributed by atoms with Crippen LogP contribution in [0.25, 0.3) is 0 Å². The Hall–Kier alpha value is -1.51. The number of hydrogen-bond donors (Lipinski definition) is 2. The molecule has 1 aliphatic heterocycles. The van der Waals surface area contributed by atoms with Gasteiger partial charge in [0.25, 0.3) is 0 Å². The van der Waals surface area contributed by atoms with E-state index in [4.69, 9.17) is 11.5 Å². The number of nitrogens with two attached hydrogens (primary N) is 2. The molecule has 1 amide bonds. The summed E-state index contributed by atoms with van der Waals surface area (Å²) in [6.07, 6.45) is 3.44. The van der Waals surface area contributed by atoms with E-state index < -0.39 is 22.0 Å². The summed E-state index contributed by atoms with van der Waals surface area (Å²) in [6.45, 7) is 0.305. The van der Waals surface area contributed by atoms with Crippen molar-refractivity contribution in [1.29, 1.82) is 0 Å². The van der Waals surface area contributed by atoms with Crippen molar-refractivity contribution >= 4 is 15.9 Å². The fourth-order valence-electron chi connectivity index (χ4n) is 2.41. The molecule has 7 nitrogen and oxygen atoms in total. The Labute approximate surface area is 118 Å². The topological polar surface area (TPSA) is 119 Å². The fourth-order valence-corrected chi connectivity index (χ4v) is 4.27. The average molecular weight is 298 g/mol. The van der Waals surface area contributed by atoms with Gasteiger partial charge in [-0.05, 0) is 25.0 Å². The van der Waals surface area contributed by atoms with E-state index in [0.717, 1.165) is 6.42 Å². The summed E-state index contributed by atoms with van der Waals surface area (Å²) < 4.78 is 26.6. The maximum absolute atomic E-state index is 12.7. The largest absolute Gasteiger partial charge is 0.368 e. The first-order valence-corrected chi connectivity index (χ1v) is 7.87. The van der Waals surface area contributed by atoms with Crippen molar-refractivity contribution in [1.82, 2.24) is 9.29 Å². The van der Waals surface area contributed by atoms with Crippen LogP contribution in [0.3, 0.4) is 0 Å². The Bertz CT molecular complexity index is 602. The normalized spacial score (nSPS) is 20.8. The molecule has 110 valence electrons. The lowest BCUT2D eigenvalue weighted by Crippen LogP contribution is -2.50. The van der Waals surface area contributed by atoms with Gasteiger partial charge in [-0.2, -0.15) is 4.31 Å². The fraction of sp³-hybridized carbons (Fsp3) is 0.500. The first-order valence-electron chi connectivity index (χ1n) is 6.43. The van der Waals surface area contributed by atoms with Crippen molar-refractivity contribution in [3.05, 3.63) is 24.0 Å². The summed E-state index contributed by atoms with van der Waals surface area (Å²) in [5.74, 6) is -0.619. The smallest absolute Gasteiger partial charge is 0.245 e. The third-order valence-electron chi connectivity index (χ3n) is 3.41. The average Bonchev–Trinajstić information content (AvgIpc) is 2.47. The molecule has 0 radical (unpaired) electrons. The maximum atomic E-state index is 12.7. The number of sulfonamides is 1. The zero-order valence-electron chi connectivity index (χ0n) is 11.0. The van der Waals surface area contributed by atoms with Gasteiger partial charge in [-0.3, -0.25) is 9.78 Å². The Morgan fingerprint density at radius 2 is 2.20 bits per heavy atom. The van der Waals surface area contributed by atoms with Crippen molar-refractivity contribution < 1.29 is 13.2 Å². The minimum Gasteiger partial charge on any atom is -0.368 e. The molecule has 0 aliphatic carbocycles. The second-order valence-electron chi connectivity index (χ2n) is 4.68. The Morgan fingerprint density at radius 3 is 2.85 bits per heavy atom. The quantitative estimate of drug-likeness (QED) is 0.781. The molecule has 0 aromatic carbocycles. The van der Waals surface area contributed by atoms with E-state index in [1.54, 1.807) is 0 Å². The molecule has 1 unspecified atom stereocenters. The highest BCUT2D eigenvalue weighted by Crippen LogP contribution is 2.26. The van der Waals surface area contributed by atoms with Crippen LogP contribution in [0.15, 0.2) is 23.2 Å². The molecule has 0 spiro atoms. The van der Waals surface area contributed by atoms with E-state index in [1.807, 2.05) is 0 Å². The number of aromatic nitrogens is 1. The number of hydrogen-bond acceptors (Lipinski definition) is 5. The summed E-state index contributed by atoms with van der Waals surface area (Å²) >= 11 is 0. The van der Waals surface area contributed by atoms with Gasteiger partial charge in [0.15, 0.2) is 0 Å². The van der Waals surface area contributed by atoms with Crippen molar-refractivity contribution in [2.75, 3.05) is 6.54 Å². The van der Waals surface area contributed by atoms with E-state index in [-0.39, 0.29) is 18.0 Å². The molecule has 0 saturated carbocycles. The van der Waals surface area contributed by atoms with Crippen LogP contribution in [0, 0.1) is 0 Å². The summed E-state index contributed by atoms with van der Waals surface area (Å²) in [5.41, 5.74) is 11.1. The lowest BCUT2D eigenvalue weighted by atomic mass is 10.0. The van der Waals surface area contributed by atoms with Crippen LogP contribution in [-0.4, -0.2) is 36.2 Å². The van der Waals surface area contributed by atoms with Crippen molar-refractivity contribution in [3.8, 4) is 0 Å². The molecule has 8 heteroatoms. The van der Waals surface area contributed by atoms with Gasteiger partial charge in [-0.15, -0.1) is 0 Å². The van der Waals surface area contributed by atoms with E-state index in [0.29, 0.717) is 18.5 Å². The molecule has 1 atom stereocenters. The third-order valence-corrected chi connectivity index (χ3v) is 5.39. The molecule has 1 aromatic rings. The predicted molar refractivity (Wildman–Crippen MR) is 72.9 cm³/mol. The standard InChI is InChI=1S/C12H18N4O3S/c13-8-9-11(5-3-6-15-9)20(18,19)16-7-2-1-4-10(16)12(14)17/h3,5-6,10H,1-2,4,7-8,13H2,(H2,14,17). The molecule has 20 heavy (non-hydrogen) atoms. The summed E-state index contributed by atoms with van der Waals surface area (Å²) in [7, 11) is -3.81. The molecular weight excluding hydrogens is 280 g/mol. The van der Waals surface area contributed by atoms with Gasteiger partial charge in [-0.1, -0.05) is 6.42 Å². The molecule has 2 rings (SSSR count). The number of carbonyl (C=O) groups is 1. The highest BCUT2D eigenvalue weighted by atomic mass is 32.2. The Morgan fingerprint density at radius 1 is 1.45 bits per heavy atom. The summed E-state index contributed by atoms with van der Waals surface area (Å²) in [6, 6.07) is 2.20. The monoisotopic (exact) mass is 298 g/mol. The molecule has 1 aromatic heterocycles. The number of rotatable bonds is 4. The second-order valence-corrected chi connectivity index (χ2v) is 6.54. The van der Waals surface area contributed by atoms with E-state index >= 15 is 0 Å². The van der Waals surface area contributed by atoms with Crippen LogP contribution in [0.5, 0.6) is 0 Å². The van der Waals surface area contributed by atoms with Crippen LogP contribution < -0.4 is 11.5 Å². The maximum Gasteiger partial charge on any atom is 0.245 e. The number of amides is 1. The highest BCUT2D eigenvalue weighted by Gasteiger charge is 2.37. The van der Waals surface area contributed by atoms with Crippen molar-refractivity contribution in [2.45, 2.75) is 36.7 Å². The van der Waals surface area contributed by atoms with Crippen LogP contribution in [0.1, 0.15) is 25.0 Å². The number of piperidine rings is 1. The van der Waals surface area contributed by atoms with Gasteiger partial charge < -0.3 is 11.5 Å². The number of nitrogens with zero attached hydrogens (tertiary/aromatic N) is 2. The van der Waals surface area contributed by atoms with Crippen molar-refractivity contribution in [3.63, 3.8) is 0 Å². The van der Waals surface area contributed by atoms with Crippen LogP contribution in [0.2, 0.25) is 0 Å². The number of carbonyl (C=O) groups excluding carboxylic acids is 1. The van der Waals surface area contributed by atoms with Gasteiger partial charge >= 0.3 is 0 Å². The summed E-state index contributed by atoms with van der Waals surface area (Å²) in [4.78, 5) is 15.5. The van der Waals surface area contributed by atoms with Crippen LogP contribution >= 0.6 is 0 Å². The van der Waals surface area contributed by atoms with Gasteiger partial charge in [0, 0.05) is 19.3 Å².